The third-order valence-electron chi connectivity index (χ3n) is 0. The van der Waals surface area contributed by atoms with Gasteiger partial charge in [0.05, 0.1) is 0 Å². The smallest absolute Gasteiger partial charge is 0 e. The zero-order valence-electron chi connectivity index (χ0n) is 3.18. The molecule has 2 N–H and O–H groups in total. The van der Waals surface area contributed by atoms with Crippen molar-refractivity contribution >= 4 is 20.5 Å². The maximum atomic E-state index is 8.74. The van der Waals surface area contributed by atoms with Gasteiger partial charge in [-0.25, -0.2) is 0 Å². The normalized spacial score (nSPS) is 8.00. The maximum absolute atomic E-state index is 8.74. The van der Waals surface area contributed by atoms with Crippen LogP contribution in [0.4, 0.5) is 0 Å². The number of halogens is 1. The first-order valence-electron chi connectivity index (χ1n) is 0.841. The minimum atomic E-state index is -4.67. The molecule has 0 aliphatic heterocycles. The summed E-state index contributed by atoms with van der Waals surface area (Å²) in [5.41, 5.74) is 0. The maximum Gasteiger partial charge on any atom is 0 e. The summed E-state index contributed by atoms with van der Waals surface area (Å²) in [4.78, 5) is 0. The van der Waals surface area contributed by atoms with Gasteiger partial charge >= 0.3 is 35.6 Å². The Morgan fingerprint density at radius 1 is 1.25 bits per heavy atom. The van der Waals surface area contributed by atoms with Gasteiger partial charge in [0.1, 0.15) is 0 Å². The summed E-state index contributed by atoms with van der Waals surface area (Å²) in [5, 5.41) is 0. The van der Waals surface area contributed by atoms with Crippen molar-refractivity contribution in [3.8, 4) is 0 Å². The molecule has 0 bridgehead atoms. The molecule has 0 aliphatic carbocycles. The van der Waals surface area contributed by atoms with Gasteiger partial charge in [-0.05, 0) is 0 Å². The van der Waals surface area contributed by atoms with Crippen molar-refractivity contribution in [3.05, 3.63) is 0 Å². The molecule has 0 aromatic carbocycles. The van der Waals surface area contributed by atoms with Crippen molar-refractivity contribution in [1.82, 2.24) is 0 Å². The fourth-order valence-corrected chi connectivity index (χ4v) is 0. The molecule has 0 fully saturated rings. The second kappa shape index (κ2) is 8.20. The number of hydrogen-bond acceptors (Lipinski definition) is 2. The van der Waals surface area contributed by atoms with E-state index in [9.17, 15) is 0 Å². The first kappa shape index (κ1) is 16.1. The van der Waals surface area contributed by atoms with Crippen LogP contribution in [0.2, 0.25) is 0 Å². The summed E-state index contributed by atoms with van der Waals surface area (Å²) >= 11 is 2.41. The topological polar surface area (TPSA) is 74.6 Å². The van der Waals surface area contributed by atoms with Crippen molar-refractivity contribution in [2.24, 2.45) is 0 Å². The molecule has 4 nitrogen and oxygen atoms in total. The Kier molecular flexibility index (Phi) is 16.5. The van der Waals surface area contributed by atoms with E-state index in [1.54, 1.807) is 0 Å². The van der Waals surface area contributed by atoms with Crippen LogP contribution in [0, 0.1) is 0 Å². The molecule has 1 radical (unpaired) electrons. The fourth-order valence-electron chi connectivity index (χ4n) is 0. The SMILES string of the molecule is O=S(=O)(O)O.[Cl][Mn].[Cu]. The van der Waals surface area contributed by atoms with E-state index in [-0.39, 0.29) is 17.1 Å². The molecule has 0 aromatic heterocycles. The van der Waals surface area contributed by atoms with Gasteiger partial charge in [-0.15, -0.1) is 0 Å². The van der Waals surface area contributed by atoms with E-state index in [2.05, 4.69) is 25.2 Å². The number of hydrogen-bond donors (Lipinski definition) is 2. The molecule has 0 amide bonds. The summed E-state index contributed by atoms with van der Waals surface area (Å²) in [7, 11) is -0.215. The molecule has 8 heavy (non-hydrogen) atoms. The molecule has 0 heterocycles. The van der Waals surface area contributed by atoms with E-state index < -0.39 is 10.4 Å². The van der Waals surface area contributed by atoms with Crippen LogP contribution in [0.5, 0.6) is 0 Å². The van der Waals surface area contributed by atoms with E-state index in [1.807, 2.05) is 0 Å². The fraction of sp³-hybridized carbons (Fsp3) is 0. The Hall–Kier alpha value is 1.20. The molecule has 0 unspecified atom stereocenters. The van der Waals surface area contributed by atoms with Crippen LogP contribution in [0.3, 0.4) is 0 Å². The molecule has 0 aromatic rings. The van der Waals surface area contributed by atoms with Gasteiger partial charge in [-0.1, -0.05) is 0 Å². The predicted molar refractivity (Wildman–Crippen MR) is 20.0 cm³/mol. The van der Waals surface area contributed by atoms with E-state index in [0.29, 0.717) is 0 Å². The Labute approximate surface area is 70.1 Å². The van der Waals surface area contributed by atoms with Crippen LogP contribution in [-0.2, 0) is 42.6 Å². The second-order valence-corrected chi connectivity index (χ2v) is 1.34. The van der Waals surface area contributed by atoms with Crippen LogP contribution >= 0.6 is 10.1 Å². The Morgan fingerprint density at radius 2 is 1.25 bits per heavy atom. The zero-order chi connectivity index (χ0) is 6.50. The average molecular weight is 252 g/mol. The summed E-state index contributed by atoms with van der Waals surface area (Å²) in [6, 6.07) is 0. The second-order valence-electron chi connectivity index (χ2n) is 0.448. The van der Waals surface area contributed by atoms with Gasteiger partial charge in [0.15, 0.2) is 0 Å². The summed E-state index contributed by atoms with van der Waals surface area (Å²) in [6.45, 7) is 0. The molecular formula is H2ClCuMnO4S. The molecule has 0 atom stereocenters. The Morgan fingerprint density at radius 3 is 1.25 bits per heavy atom. The standard InChI is InChI=1S/ClH.Cu.Mn.H2O4S/c;;;1-5(2,3)4/h1H;;;(H2,1,2,3,4)/q;;+1;/p-1. The van der Waals surface area contributed by atoms with Crippen LogP contribution in [0.15, 0.2) is 0 Å². The van der Waals surface area contributed by atoms with Crippen molar-refractivity contribution in [2.75, 3.05) is 0 Å². The molecule has 8 heteroatoms. The van der Waals surface area contributed by atoms with Crippen LogP contribution in [0.25, 0.3) is 0 Å². The summed E-state index contributed by atoms with van der Waals surface area (Å²) < 4.78 is 31.6. The van der Waals surface area contributed by atoms with Crippen LogP contribution in [0.1, 0.15) is 0 Å². The molecule has 57 valence electrons. The zero-order valence-corrected chi connectivity index (χ0v) is 6.87. The van der Waals surface area contributed by atoms with Gasteiger partial charge in [-0.3, -0.25) is 9.11 Å². The molecule has 0 aliphatic rings. The summed E-state index contributed by atoms with van der Waals surface area (Å²) in [6.07, 6.45) is 0. The first-order chi connectivity index (χ1) is 3.00. The Balaban J connectivity index is -0.0000000750. The first-order valence-corrected chi connectivity index (χ1v) is 3.86. The van der Waals surface area contributed by atoms with Gasteiger partial charge in [0, 0.05) is 17.1 Å². The molecule has 0 spiro atoms. The Bertz CT molecular complexity index is 99.2. The van der Waals surface area contributed by atoms with Gasteiger partial charge in [-0.2, -0.15) is 8.42 Å². The van der Waals surface area contributed by atoms with Crippen molar-refractivity contribution in [2.45, 2.75) is 0 Å². The largest absolute Gasteiger partial charge is 0 e. The average Bonchev–Trinajstić information content (AvgIpc) is 1.36. The van der Waals surface area contributed by atoms with E-state index in [1.165, 1.54) is 0 Å². The van der Waals surface area contributed by atoms with Gasteiger partial charge in [0.2, 0.25) is 0 Å². The quantitative estimate of drug-likeness (QED) is 0.471. The monoisotopic (exact) mass is 251 g/mol. The molecule has 0 rings (SSSR count). The summed E-state index contributed by atoms with van der Waals surface area (Å²) in [5.74, 6) is 0. The van der Waals surface area contributed by atoms with Crippen LogP contribution in [-0.4, -0.2) is 17.5 Å². The minimum Gasteiger partial charge on any atom is 0 e. The third-order valence-corrected chi connectivity index (χ3v) is 0. The van der Waals surface area contributed by atoms with E-state index in [0.717, 1.165) is 0 Å². The van der Waals surface area contributed by atoms with Gasteiger partial charge < -0.3 is 0 Å². The number of rotatable bonds is 0. The van der Waals surface area contributed by atoms with Crippen LogP contribution < -0.4 is 0 Å². The third kappa shape index (κ3) is 192. The predicted octanol–water partition coefficient (Wildman–Crippen LogP) is 0.0317. The van der Waals surface area contributed by atoms with E-state index >= 15 is 0 Å². The molecule has 0 saturated heterocycles. The molecular weight excluding hydrogens is 250 g/mol. The minimum absolute atomic E-state index is 0. The van der Waals surface area contributed by atoms with Crippen molar-refractivity contribution in [3.63, 3.8) is 0 Å². The van der Waals surface area contributed by atoms with Crippen molar-refractivity contribution < 1.29 is 49.7 Å². The van der Waals surface area contributed by atoms with Crippen molar-refractivity contribution in [1.29, 1.82) is 0 Å². The van der Waals surface area contributed by atoms with E-state index in [4.69, 9.17) is 17.5 Å². The molecule has 0 saturated carbocycles. The van der Waals surface area contributed by atoms with Gasteiger partial charge in [0.25, 0.3) is 0 Å².